The van der Waals surface area contributed by atoms with Crippen LogP contribution >= 0.6 is 0 Å². The molecule has 0 saturated carbocycles. The van der Waals surface area contributed by atoms with Crippen LogP contribution in [0.4, 0.5) is 4.79 Å². The number of phenolic OH excluding ortho intramolecular Hbond substituents is 1. The van der Waals surface area contributed by atoms with E-state index in [-0.39, 0.29) is 24.7 Å². The lowest BCUT2D eigenvalue weighted by Crippen LogP contribution is -2.55. The van der Waals surface area contributed by atoms with Gasteiger partial charge in [0.15, 0.2) is 0 Å². The number of ether oxygens (including phenoxy) is 2. The highest BCUT2D eigenvalue weighted by Gasteiger charge is 2.31. The zero-order chi connectivity index (χ0) is 29.3. The van der Waals surface area contributed by atoms with Gasteiger partial charge in [-0.25, -0.2) is 9.59 Å². The molecule has 4 amide bonds. The number of nitrogens with one attached hydrogen (secondary N) is 4. The van der Waals surface area contributed by atoms with Crippen LogP contribution in [-0.4, -0.2) is 71.3 Å². The SMILES string of the molecule is CC(C)[C@@H]1NC(=O)/C=C/[C@@H](NC(=O)[C@H](C)NC(=O)OC(C)(C)C)COC(=O)[C@H](Cc2ccc(O)cc2)NC1=O. The van der Waals surface area contributed by atoms with Crippen molar-refractivity contribution in [2.24, 2.45) is 5.92 Å². The van der Waals surface area contributed by atoms with Crippen molar-refractivity contribution in [2.45, 2.75) is 77.7 Å². The lowest BCUT2D eigenvalue weighted by molar-refractivity contribution is -0.149. The standard InChI is InChI=1S/C27H38N4O8/c1-15(2)22-24(35)30-20(13-17-7-10-19(32)11-8-17)25(36)38-14-18(9-12-21(33)31-22)29-23(34)16(3)28-26(37)39-27(4,5)6/h7-12,15-16,18,20,22,32H,13-14H2,1-6H3,(H,28,37)(H,29,34)(H,30,35)(H,31,33)/b12-9+/t16-,18+,20-,22-/m0/s1. The van der Waals surface area contributed by atoms with E-state index in [9.17, 15) is 29.1 Å². The molecule has 0 radical (unpaired) electrons. The summed E-state index contributed by atoms with van der Waals surface area (Å²) in [6.45, 7) is 9.66. The maximum atomic E-state index is 13.0. The smallest absolute Gasteiger partial charge is 0.408 e. The molecule has 2 rings (SSSR count). The van der Waals surface area contributed by atoms with Crippen LogP contribution in [0.2, 0.25) is 0 Å². The Morgan fingerprint density at radius 2 is 1.74 bits per heavy atom. The monoisotopic (exact) mass is 546 g/mol. The molecular formula is C27H38N4O8. The van der Waals surface area contributed by atoms with E-state index in [2.05, 4.69) is 21.3 Å². The molecule has 0 saturated heterocycles. The average Bonchev–Trinajstić information content (AvgIpc) is 2.82. The van der Waals surface area contributed by atoms with Crippen LogP contribution in [0, 0.1) is 5.92 Å². The van der Waals surface area contributed by atoms with E-state index in [1.165, 1.54) is 25.1 Å². The predicted molar refractivity (Wildman–Crippen MR) is 141 cm³/mol. The number of carbonyl (C=O) groups excluding carboxylic acids is 5. The molecule has 1 aromatic rings. The van der Waals surface area contributed by atoms with Gasteiger partial charge in [0, 0.05) is 12.5 Å². The van der Waals surface area contributed by atoms with Crippen molar-refractivity contribution in [1.29, 1.82) is 0 Å². The van der Waals surface area contributed by atoms with Gasteiger partial charge in [-0.2, -0.15) is 0 Å². The van der Waals surface area contributed by atoms with Gasteiger partial charge in [0.25, 0.3) is 0 Å². The van der Waals surface area contributed by atoms with E-state index in [1.54, 1.807) is 46.8 Å². The number of phenols is 1. The molecule has 4 atom stereocenters. The fraction of sp³-hybridized carbons (Fsp3) is 0.519. The lowest BCUT2D eigenvalue weighted by Gasteiger charge is -2.26. The fourth-order valence-electron chi connectivity index (χ4n) is 3.54. The number of hydrogen-bond acceptors (Lipinski definition) is 8. The van der Waals surface area contributed by atoms with Gasteiger partial charge in [-0.05, 0) is 51.3 Å². The number of rotatable bonds is 6. The Labute approximate surface area is 227 Å². The van der Waals surface area contributed by atoms with Gasteiger partial charge >= 0.3 is 12.1 Å². The Kier molecular flexibility index (Phi) is 10.9. The minimum atomic E-state index is -1.10. The summed E-state index contributed by atoms with van der Waals surface area (Å²) in [7, 11) is 0. The van der Waals surface area contributed by atoms with E-state index < -0.39 is 59.6 Å². The van der Waals surface area contributed by atoms with Crippen LogP contribution in [-0.2, 0) is 35.1 Å². The maximum Gasteiger partial charge on any atom is 0.408 e. The van der Waals surface area contributed by atoms with E-state index >= 15 is 0 Å². The second kappa shape index (κ2) is 13.6. The summed E-state index contributed by atoms with van der Waals surface area (Å²) in [5, 5.41) is 19.9. The molecular weight excluding hydrogens is 508 g/mol. The highest BCUT2D eigenvalue weighted by atomic mass is 16.6. The summed E-state index contributed by atoms with van der Waals surface area (Å²) in [5.41, 5.74) is -0.100. The van der Waals surface area contributed by atoms with Crippen LogP contribution in [0.1, 0.15) is 47.1 Å². The van der Waals surface area contributed by atoms with Crippen molar-refractivity contribution >= 4 is 29.8 Å². The molecule has 0 unspecified atom stereocenters. The molecule has 214 valence electrons. The van der Waals surface area contributed by atoms with Crippen molar-refractivity contribution in [3.63, 3.8) is 0 Å². The maximum absolute atomic E-state index is 13.0. The highest BCUT2D eigenvalue weighted by molar-refractivity contribution is 5.95. The summed E-state index contributed by atoms with van der Waals surface area (Å²) in [4.78, 5) is 63.4. The summed E-state index contributed by atoms with van der Waals surface area (Å²) in [6.07, 6.45) is 1.76. The zero-order valence-electron chi connectivity index (χ0n) is 23.1. The third-order valence-corrected chi connectivity index (χ3v) is 5.56. The van der Waals surface area contributed by atoms with Gasteiger partial charge < -0.3 is 35.8 Å². The molecule has 5 N–H and O–H groups in total. The average molecular weight is 547 g/mol. The van der Waals surface area contributed by atoms with Crippen LogP contribution in [0.3, 0.4) is 0 Å². The van der Waals surface area contributed by atoms with Gasteiger partial charge in [-0.15, -0.1) is 0 Å². The quantitative estimate of drug-likeness (QED) is 0.330. The molecule has 0 aromatic heterocycles. The number of carbonyl (C=O) groups is 5. The number of aromatic hydroxyl groups is 1. The van der Waals surface area contributed by atoms with Crippen molar-refractivity contribution in [1.82, 2.24) is 21.3 Å². The molecule has 12 nitrogen and oxygen atoms in total. The molecule has 1 aliphatic heterocycles. The number of hydrogen-bond donors (Lipinski definition) is 5. The Morgan fingerprint density at radius 1 is 1.10 bits per heavy atom. The van der Waals surface area contributed by atoms with Crippen molar-refractivity contribution in [3.8, 4) is 5.75 Å². The second-order valence-corrected chi connectivity index (χ2v) is 10.6. The Morgan fingerprint density at radius 3 is 2.33 bits per heavy atom. The van der Waals surface area contributed by atoms with Crippen molar-refractivity contribution in [3.05, 3.63) is 42.0 Å². The molecule has 0 aliphatic carbocycles. The molecule has 12 heteroatoms. The first-order valence-electron chi connectivity index (χ1n) is 12.7. The van der Waals surface area contributed by atoms with Gasteiger partial charge in [-0.3, -0.25) is 14.4 Å². The van der Waals surface area contributed by atoms with Crippen molar-refractivity contribution < 1.29 is 38.6 Å². The molecule has 1 heterocycles. The van der Waals surface area contributed by atoms with E-state index in [0.29, 0.717) is 5.56 Å². The molecule has 1 aromatic carbocycles. The Hall–Kier alpha value is -4.09. The second-order valence-electron chi connectivity index (χ2n) is 10.6. The summed E-state index contributed by atoms with van der Waals surface area (Å²) >= 11 is 0. The summed E-state index contributed by atoms with van der Waals surface area (Å²) in [6, 6.07) is 2.17. The minimum absolute atomic E-state index is 0.0485. The van der Waals surface area contributed by atoms with Crippen LogP contribution in [0.15, 0.2) is 36.4 Å². The molecule has 0 spiro atoms. The number of cyclic esters (lactones) is 1. The minimum Gasteiger partial charge on any atom is -0.508 e. The van der Waals surface area contributed by atoms with Gasteiger partial charge in [0.05, 0.1) is 6.04 Å². The van der Waals surface area contributed by atoms with Crippen molar-refractivity contribution in [2.75, 3.05) is 6.61 Å². The zero-order valence-corrected chi connectivity index (χ0v) is 23.1. The summed E-state index contributed by atoms with van der Waals surface area (Å²) in [5.74, 6) is -2.74. The van der Waals surface area contributed by atoms with Gasteiger partial charge in [0.2, 0.25) is 17.7 Å². The largest absolute Gasteiger partial charge is 0.508 e. The normalized spacial score (nSPS) is 22.2. The van der Waals surface area contributed by atoms with Gasteiger partial charge in [0.1, 0.15) is 36.1 Å². The third kappa shape index (κ3) is 10.7. The summed E-state index contributed by atoms with van der Waals surface area (Å²) < 4.78 is 10.6. The number of alkyl carbamates (subject to hydrolysis) is 1. The highest BCUT2D eigenvalue weighted by Crippen LogP contribution is 2.13. The van der Waals surface area contributed by atoms with Crippen LogP contribution in [0.5, 0.6) is 5.75 Å². The van der Waals surface area contributed by atoms with Gasteiger partial charge in [-0.1, -0.05) is 32.1 Å². The Bertz CT molecular complexity index is 1080. The molecule has 0 fully saturated rings. The first kappa shape index (κ1) is 31.1. The Balaban J connectivity index is 2.22. The van der Waals surface area contributed by atoms with E-state index in [1.807, 2.05) is 0 Å². The first-order chi connectivity index (χ1) is 18.1. The van der Waals surface area contributed by atoms with E-state index in [4.69, 9.17) is 9.47 Å². The molecule has 39 heavy (non-hydrogen) atoms. The predicted octanol–water partition coefficient (Wildman–Crippen LogP) is 1.07. The number of amides is 4. The fourth-order valence-corrected chi connectivity index (χ4v) is 3.54. The number of benzene rings is 1. The third-order valence-electron chi connectivity index (χ3n) is 5.56. The topological polar surface area (TPSA) is 172 Å². The van der Waals surface area contributed by atoms with Crippen LogP contribution < -0.4 is 21.3 Å². The van der Waals surface area contributed by atoms with Crippen LogP contribution in [0.25, 0.3) is 0 Å². The number of esters is 1. The molecule has 0 bridgehead atoms. The lowest BCUT2D eigenvalue weighted by atomic mass is 10.0. The van der Waals surface area contributed by atoms with E-state index in [0.717, 1.165) is 6.08 Å². The molecule has 1 aliphatic rings. The first-order valence-corrected chi connectivity index (χ1v) is 12.7.